The Kier molecular flexibility index (Phi) is 6.45. The maximum Gasteiger partial charge on any atom is 0.240 e. The Bertz CT molecular complexity index is 791. The van der Waals surface area contributed by atoms with Crippen LogP contribution in [0.1, 0.15) is 23.6 Å². The summed E-state index contributed by atoms with van der Waals surface area (Å²) < 4.78 is 38.2. The van der Waals surface area contributed by atoms with Crippen molar-refractivity contribution in [3.8, 4) is 11.5 Å². The van der Waals surface area contributed by atoms with Gasteiger partial charge >= 0.3 is 0 Å². The van der Waals surface area contributed by atoms with E-state index in [1.54, 1.807) is 12.1 Å². The average Bonchev–Trinajstić information content (AvgIpc) is 2.54. The van der Waals surface area contributed by atoms with Gasteiger partial charge in [0.15, 0.2) is 0 Å². The smallest absolute Gasteiger partial charge is 0.240 e. The van der Waals surface area contributed by atoms with Crippen LogP contribution in [0.15, 0.2) is 41.3 Å². The second-order valence-electron chi connectivity index (χ2n) is 5.88. The minimum absolute atomic E-state index is 0.197. The third-order valence-electron chi connectivity index (χ3n) is 3.69. The third-order valence-corrected chi connectivity index (χ3v) is 5.17. The zero-order valence-corrected chi connectivity index (χ0v) is 15.9. The summed E-state index contributed by atoms with van der Waals surface area (Å²) in [5.41, 5.74) is 3.28. The van der Waals surface area contributed by atoms with E-state index in [0.717, 1.165) is 16.9 Å². The van der Waals surface area contributed by atoms with E-state index in [1.165, 1.54) is 17.7 Å². The van der Waals surface area contributed by atoms with E-state index in [2.05, 4.69) is 4.72 Å². The average molecular weight is 363 g/mol. The van der Waals surface area contributed by atoms with Crippen molar-refractivity contribution in [3.05, 3.63) is 53.1 Å². The molecule has 0 aliphatic heterocycles. The number of hydrogen-bond acceptors (Lipinski definition) is 4. The Balaban J connectivity index is 1.92. The van der Waals surface area contributed by atoms with Crippen molar-refractivity contribution < 1.29 is 17.9 Å². The zero-order chi connectivity index (χ0) is 18.4. The lowest BCUT2D eigenvalue weighted by molar-refractivity contribution is 0.318. The van der Waals surface area contributed by atoms with Gasteiger partial charge in [-0.3, -0.25) is 0 Å². The Morgan fingerprint density at radius 1 is 0.960 bits per heavy atom. The van der Waals surface area contributed by atoms with Crippen molar-refractivity contribution in [2.45, 2.75) is 32.6 Å². The summed E-state index contributed by atoms with van der Waals surface area (Å²) in [7, 11) is -3.56. The van der Waals surface area contributed by atoms with E-state index in [9.17, 15) is 8.42 Å². The summed E-state index contributed by atoms with van der Waals surface area (Å²) in [5, 5.41) is 0. The molecule has 0 saturated heterocycles. The lowest BCUT2D eigenvalue weighted by Crippen LogP contribution is -2.28. The molecule has 2 aromatic carbocycles. The predicted molar refractivity (Wildman–Crippen MR) is 98.9 cm³/mol. The van der Waals surface area contributed by atoms with Crippen molar-refractivity contribution in [1.82, 2.24) is 4.72 Å². The summed E-state index contributed by atoms with van der Waals surface area (Å²) >= 11 is 0. The first kappa shape index (κ1) is 19.3. The van der Waals surface area contributed by atoms with Crippen LogP contribution in [-0.2, 0) is 10.0 Å². The van der Waals surface area contributed by atoms with Gasteiger partial charge in [-0.25, -0.2) is 13.1 Å². The maximum atomic E-state index is 12.3. The van der Waals surface area contributed by atoms with Crippen LogP contribution in [0.2, 0.25) is 0 Å². The quantitative estimate of drug-likeness (QED) is 0.731. The van der Waals surface area contributed by atoms with Crippen LogP contribution in [0.4, 0.5) is 0 Å². The number of rotatable bonds is 8. The molecule has 0 unspecified atom stereocenters. The molecule has 0 radical (unpaired) electrons. The van der Waals surface area contributed by atoms with Crippen molar-refractivity contribution >= 4 is 10.0 Å². The van der Waals surface area contributed by atoms with Gasteiger partial charge in [-0.1, -0.05) is 17.7 Å². The molecule has 0 heterocycles. The first-order valence-electron chi connectivity index (χ1n) is 8.26. The molecule has 25 heavy (non-hydrogen) atoms. The van der Waals surface area contributed by atoms with E-state index in [-0.39, 0.29) is 18.0 Å². The SMILES string of the molecule is CCOc1ccc(S(=O)(=O)NCCOc2c(C)cc(C)cc2C)cc1. The lowest BCUT2D eigenvalue weighted by Gasteiger charge is -2.13. The highest BCUT2D eigenvalue weighted by atomic mass is 32.2. The summed E-state index contributed by atoms with van der Waals surface area (Å²) in [6.07, 6.45) is 0. The van der Waals surface area contributed by atoms with Gasteiger partial charge in [0.05, 0.1) is 11.5 Å². The van der Waals surface area contributed by atoms with Crippen LogP contribution in [0.5, 0.6) is 11.5 Å². The Labute approximate surface area is 150 Å². The van der Waals surface area contributed by atoms with E-state index in [0.29, 0.717) is 12.4 Å². The number of benzene rings is 2. The molecular formula is C19H25NO4S. The minimum Gasteiger partial charge on any atom is -0.494 e. The van der Waals surface area contributed by atoms with Gasteiger partial charge in [0.1, 0.15) is 18.1 Å². The number of nitrogens with one attached hydrogen (secondary N) is 1. The van der Waals surface area contributed by atoms with Crippen molar-refractivity contribution in [3.63, 3.8) is 0 Å². The molecule has 136 valence electrons. The van der Waals surface area contributed by atoms with Gasteiger partial charge < -0.3 is 9.47 Å². The highest BCUT2D eigenvalue weighted by Crippen LogP contribution is 2.24. The highest BCUT2D eigenvalue weighted by Gasteiger charge is 2.13. The number of ether oxygens (including phenoxy) is 2. The zero-order valence-electron chi connectivity index (χ0n) is 15.1. The van der Waals surface area contributed by atoms with Gasteiger partial charge in [-0.2, -0.15) is 0 Å². The molecule has 2 aromatic rings. The van der Waals surface area contributed by atoms with Gasteiger partial charge in [0, 0.05) is 6.54 Å². The largest absolute Gasteiger partial charge is 0.494 e. The molecule has 0 aliphatic rings. The van der Waals surface area contributed by atoms with E-state index in [1.807, 2.05) is 39.8 Å². The minimum atomic E-state index is -3.56. The predicted octanol–water partition coefficient (Wildman–Crippen LogP) is 3.37. The van der Waals surface area contributed by atoms with E-state index in [4.69, 9.17) is 9.47 Å². The highest BCUT2D eigenvalue weighted by molar-refractivity contribution is 7.89. The molecule has 0 amide bonds. The lowest BCUT2D eigenvalue weighted by atomic mass is 10.1. The van der Waals surface area contributed by atoms with Crippen LogP contribution in [0, 0.1) is 20.8 Å². The first-order chi connectivity index (χ1) is 11.8. The number of aryl methyl sites for hydroxylation is 3. The first-order valence-corrected chi connectivity index (χ1v) is 9.75. The molecule has 0 bridgehead atoms. The second-order valence-corrected chi connectivity index (χ2v) is 7.65. The Morgan fingerprint density at radius 2 is 1.56 bits per heavy atom. The number of hydrogen-bond donors (Lipinski definition) is 1. The molecule has 2 rings (SSSR count). The number of sulfonamides is 1. The van der Waals surface area contributed by atoms with Crippen molar-refractivity contribution in [2.24, 2.45) is 0 Å². The van der Waals surface area contributed by atoms with Crippen molar-refractivity contribution in [2.75, 3.05) is 19.8 Å². The normalized spacial score (nSPS) is 11.4. The fourth-order valence-corrected chi connectivity index (χ4v) is 3.70. The van der Waals surface area contributed by atoms with Gasteiger partial charge in [-0.05, 0) is 63.1 Å². The molecule has 5 nitrogen and oxygen atoms in total. The summed E-state index contributed by atoms with van der Waals surface area (Å²) in [6.45, 7) is 8.89. The van der Waals surface area contributed by atoms with Crippen LogP contribution in [-0.4, -0.2) is 28.2 Å². The molecule has 0 aromatic heterocycles. The molecule has 0 aliphatic carbocycles. The maximum absolute atomic E-state index is 12.3. The summed E-state index contributed by atoms with van der Waals surface area (Å²) in [6, 6.07) is 10.4. The van der Waals surface area contributed by atoms with Crippen molar-refractivity contribution in [1.29, 1.82) is 0 Å². The van der Waals surface area contributed by atoms with Crippen LogP contribution < -0.4 is 14.2 Å². The Morgan fingerprint density at radius 3 is 2.12 bits per heavy atom. The summed E-state index contributed by atoms with van der Waals surface area (Å²) in [5.74, 6) is 1.46. The van der Waals surface area contributed by atoms with Crippen LogP contribution in [0.25, 0.3) is 0 Å². The van der Waals surface area contributed by atoms with Gasteiger partial charge in [-0.15, -0.1) is 0 Å². The molecular weight excluding hydrogens is 338 g/mol. The van der Waals surface area contributed by atoms with Gasteiger partial charge in [0.25, 0.3) is 0 Å². The van der Waals surface area contributed by atoms with E-state index < -0.39 is 10.0 Å². The molecule has 0 atom stereocenters. The van der Waals surface area contributed by atoms with Crippen LogP contribution in [0.3, 0.4) is 0 Å². The molecule has 0 spiro atoms. The summed E-state index contributed by atoms with van der Waals surface area (Å²) in [4.78, 5) is 0.207. The molecule has 0 saturated carbocycles. The fraction of sp³-hybridized carbons (Fsp3) is 0.368. The molecule has 1 N–H and O–H groups in total. The molecule has 0 fully saturated rings. The fourth-order valence-electron chi connectivity index (χ4n) is 2.69. The monoisotopic (exact) mass is 363 g/mol. The third kappa shape index (κ3) is 5.21. The molecule has 6 heteroatoms. The standard InChI is InChI=1S/C19H25NO4S/c1-5-23-17-6-8-18(9-7-17)25(21,22)20-10-11-24-19-15(3)12-14(2)13-16(19)4/h6-9,12-13,20H,5,10-11H2,1-4H3. The van der Waals surface area contributed by atoms with Gasteiger partial charge in [0.2, 0.25) is 10.0 Å². The van der Waals surface area contributed by atoms with E-state index >= 15 is 0 Å². The second kappa shape index (κ2) is 8.36. The topological polar surface area (TPSA) is 64.6 Å². The van der Waals surface area contributed by atoms with Crippen LogP contribution >= 0.6 is 0 Å². The Hall–Kier alpha value is -2.05.